The number of nitrogens with zero attached hydrogens (tertiary/aromatic N) is 1. The minimum atomic E-state index is -0.558. The van der Waals surface area contributed by atoms with E-state index in [1.165, 1.54) is 0 Å². The average molecular weight is 294 g/mol. The molecule has 1 saturated heterocycles. The number of aromatic amines is 2. The fraction of sp³-hybridized carbons (Fsp3) is 0.615. The molecule has 2 aliphatic heterocycles. The summed E-state index contributed by atoms with van der Waals surface area (Å²) in [4.78, 5) is 41.4. The number of aromatic nitrogens is 2. The molecular formula is C13H18N4O4. The van der Waals surface area contributed by atoms with Crippen LogP contribution in [-0.4, -0.2) is 53.1 Å². The zero-order valence-electron chi connectivity index (χ0n) is 11.8. The Hall–Kier alpha value is -2.09. The van der Waals surface area contributed by atoms with E-state index in [-0.39, 0.29) is 17.3 Å². The van der Waals surface area contributed by atoms with Crippen LogP contribution in [0.4, 0.5) is 0 Å². The van der Waals surface area contributed by atoms with Gasteiger partial charge in [-0.25, -0.2) is 4.79 Å². The molecule has 0 atom stereocenters. The maximum absolute atomic E-state index is 11.8. The number of carbonyl (C=O) groups is 1. The zero-order valence-corrected chi connectivity index (χ0v) is 11.8. The van der Waals surface area contributed by atoms with Crippen molar-refractivity contribution in [3.05, 3.63) is 26.4 Å². The van der Waals surface area contributed by atoms with Crippen molar-refractivity contribution in [2.45, 2.75) is 24.9 Å². The molecule has 114 valence electrons. The van der Waals surface area contributed by atoms with Gasteiger partial charge in [-0.05, 0) is 7.05 Å². The second-order valence-corrected chi connectivity index (χ2v) is 5.59. The highest BCUT2D eigenvalue weighted by Crippen LogP contribution is 2.37. The molecule has 3 rings (SSSR count). The second kappa shape index (κ2) is 5.03. The number of hydrogen-bond donors (Lipinski definition) is 3. The van der Waals surface area contributed by atoms with E-state index >= 15 is 0 Å². The maximum atomic E-state index is 11.8. The van der Waals surface area contributed by atoms with Gasteiger partial charge in [-0.1, -0.05) is 0 Å². The topological polar surface area (TPSA) is 107 Å². The summed E-state index contributed by atoms with van der Waals surface area (Å²) in [6, 6.07) is 0. The predicted molar refractivity (Wildman–Crippen MR) is 74.5 cm³/mol. The van der Waals surface area contributed by atoms with E-state index in [0.29, 0.717) is 44.5 Å². The van der Waals surface area contributed by atoms with Gasteiger partial charge < -0.3 is 15.0 Å². The van der Waals surface area contributed by atoms with Crippen molar-refractivity contribution in [3.8, 4) is 5.88 Å². The number of rotatable bonds is 2. The summed E-state index contributed by atoms with van der Waals surface area (Å²) in [5, 5.41) is 2.85. The molecule has 2 aliphatic rings. The molecule has 0 aromatic carbocycles. The Labute approximate surface area is 120 Å². The monoisotopic (exact) mass is 294 g/mol. The number of likely N-dealkylation sites (tertiary alicyclic amines) is 1. The third kappa shape index (κ3) is 2.46. The Morgan fingerprint density at radius 3 is 2.71 bits per heavy atom. The lowest BCUT2D eigenvalue weighted by molar-refractivity contribution is -0.133. The number of H-pyrrole nitrogens is 2. The lowest BCUT2D eigenvalue weighted by atomic mass is 9.87. The fourth-order valence-electron chi connectivity index (χ4n) is 3.02. The lowest BCUT2D eigenvalue weighted by Crippen LogP contribution is -2.50. The molecule has 1 aromatic rings. The van der Waals surface area contributed by atoms with Gasteiger partial charge in [0.2, 0.25) is 11.8 Å². The molecule has 3 N–H and O–H groups in total. The first-order chi connectivity index (χ1) is 10.0. The summed E-state index contributed by atoms with van der Waals surface area (Å²) in [5.41, 5.74) is -0.933. The summed E-state index contributed by atoms with van der Waals surface area (Å²) in [6.45, 7) is 1.51. The Bertz CT molecular complexity index is 669. The van der Waals surface area contributed by atoms with Crippen LogP contribution in [0.15, 0.2) is 9.59 Å². The van der Waals surface area contributed by atoms with Crippen molar-refractivity contribution < 1.29 is 9.53 Å². The first kappa shape index (κ1) is 13.9. The summed E-state index contributed by atoms with van der Waals surface area (Å²) in [7, 11) is 1.74. The number of likely N-dealkylation sites (N-methyl/N-ethyl adjacent to an activating group) is 1. The minimum absolute atomic E-state index is 0.0640. The van der Waals surface area contributed by atoms with E-state index in [1.807, 2.05) is 0 Å². The number of carbonyl (C=O) groups excluding carboxylic acids is 1. The highest BCUT2D eigenvalue weighted by atomic mass is 16.5. The van der Waals surface area contributed by atoms with Crippen molar-refractivity contribution in [1.29, 1.82) is 0 Å². The number of hydrogen-bond acceptors (Lipinski definition) is 5. The van der Waals surface area contributed by atoms with Gasteiger partial charge in [0.05, 0.1) is 12.1 Å². The van der Waals surface area contributed by atoms with Crippen LogP contribution in [0.2, 0.25) is 0 Å². The number of piperidine rings is 1. The minimum Gasteiger partial charge on any atom is -0.471 e. The number of amides is 1. The van der Waals surface area contributed by atoms with Gasteiger partial charge in [-0.2, -0.15) is 0 Å². The lowest BCUT2D eigenvalue weighted by Gasteiger charge is -2.38. The second-order valence-electron chi connectivity index (χ2n) is 5.59. The van der Waals surface area contributed by atoms with Crippen molar-refractivity contribution >= 4 is 5.91 Å². The van der Waals surface area contributed by atoms with Crippen molar-refractivity contribution in [1.82, 2.24) is 20.2 Å². The van der Waals surface area contributed by atoms with Gasteiger partial charge in [0.15, 0.2) is 0 Å². The molecule has 1 spiro atoms. The largest absolute Gasteiger partial charge is 0.471 e. The van der Waals surface area contributed by atoms with Crippen molar-refractivity contribution in [2.75, 3.05) is 26.7 Å². The highest BCUT2D eigenvalue weighted by Gasteiger charge is 2.44. The first-order valence-electron chi connectivity index (χ1n) is 7.00. The standard InChI is InChI=1S/C13H18N4O4/c1-14-7-9(18)17-4-2-13(3-5-17)6-8-10(19)15-12(20)16-11(8)21-13/h14H,2-7H2,1H3,(H2,15,16,19,20). The third-order valence-corrected chi connectivity index (χ3v) is 4.18. The molecule has 3 heterocycles. The molecule has 1 fully saturated rings. The van der Waals surface area contributed by atoms with Crippen LogP contribution >= 0.6 is 0 Å². The van der Waals surface area contributed by atoms with Gasteiger partial charge in [-0.15, -0.1) is 0 Å². The van der Waals surface area contributed by atoms with Crippen LogP contribution in [0, 0.1) is 0 Å². The van der Waals surface area contributed by atoms with Crippen LogP contribution in [0.25, 0.3) is 0 Å². The van der Waals surface area contributed by atoms with Gasteiger partial charge in [0.25, 0.3) is 5.56 Å². The van der Waals surface area contributed by atoms with Gasteiger partial charge in [-0.3, -0.25) is 19.6 Å². The quantitative estimate of drug-likeness (QED) is 0.620. The zero-order chi connectivity index (χ0) is 15.0. The van der Waals surface area contributed by atoms with E-state index < -0.39 is 11.3 Å². The van der Waals surface area contributed by atoms with Crippen LogP contribution in [0.5, 0.6) is 5.88 Å². The predicted octanol–water partition coefficient (Wildman–Crippen LogP) is -1.42. The summed E-state index contributed by atoms with van der Waals surface area (Å²) < 4.78 is 5.86. The van der Waals surface area contributed by atoms with Gasteiger partial charge in [0, 0.05) is 32.4 Å². The molecule has 0 saturated carbocycles. The van der Waals surface area contributed by atoms with E-state index in [4.69, 9.17) is 4.74 Å². The molecule has 1 amide bonds. The van der Waals surface area contributed by atoms with E-state index in [1.54, 1.807) is 11.9 Å². The molecule has 21 heavy (non-hydrogen) atoms. The smallest absolute Gasteiger partial charge is 0.328 e. The highest BCUT2D eigenvalue weighted by molar-refractivity contribution is 5.78. The fourth-order valence-corrected chi connectivity index (χ4v) is 3.02. The van der Waals surface area contributed by atoms with Crippen molar-refractivity contribution in [3.63, 3.8) is 0 Å². The molecule has 0 bridgehead atoms. The third-order valence-electron chi connectivity index (χ3n) is 4.18. The summed E-state index contributed by atoms with van der Waals surface area (Å²) >= 11 is 0. The van der Waals surface area contributed by atoms with Crippen LogP contribution in [0.1, 0.15) is 18.4 Å². The Kier molecular flexibility index (Phi) is 3.32. The normalized spacial score (nSPS) is 19.4. The Balaban J connectivity index is 1.73. The molecule has 0 unspecified atom stereocenters. The molecule has 0 radical (unpaired) electrons. The molecule has 8 heteroatoms. The molecular weight excluding hydrogens is 276 g/mol. The van der Waals surface area contributed by atoms with Crippen LogP contribution in [-0.2, 0) is 11.2 Å². The maximum Gasteiger partial charge on any atom is 0.328 e. The molecule has 8 nitrogen and oxygen atoms in total. The van der Waals surface area contributed by atoms with E-state index in [0.717, 1.165) is 0 Å². The summed E-state index contributed by atoms with van der Waals surface area (Å²) in [5.74, 6) is 0.341. The first-order valence-corrected chi connectivity index (χ1v) is 7.00. The number of ether oxygens (including phenoxy) is 1. The Morgan fingerprint density at radius 1 is 1.33 bits per heavy atom. The number of fused-ring (bicyclic) bond motifs is 1. The SMILES string of the molecule is CNCC(=O)N1CCC2(CC1)Cc1c([nH]c(=O)[nH]c1=O)O2. The molecule has 1 aromatic heterocycles. The van der Waals surface area contributed by atoms with Gasteiger partial charge >= 0.3 is 5.69 Å². The van der Waals surface area contributed by atoms with E-state index in [9.17, 15) is 14.4 Å². The van der Waals surface area contributed by atoms with Crippen LogP contribution in [0.3, 0.4) is 0 Å². The number of nitrogens with one attached hydrogen (secondary N) is 3. The van der Waals surface area contributed by atoms with Crippen LogP contribution < -0.4 is 21.3 Å². The van der Waals surface area contributed by atoms with Gasteiger partial charge in [0.1, 0.15) is 5.60 Å². The van der Waals surface area contributed by atoms with Crippen molar-refractivity contribution in [2.24, 2.45) is 0 Å². The average Bonchev–Trinajstić information content (AvgIpc) is 2.78. The van der Waals surface area contributed by atoms with E-state index in [2.05, 4.69) is 15.3 Å². The summed E-state index contributed by atoms with van der Waals surface area (Å²) in [6.07, 6.45) is 1.78. The Morgan fingerprint density at radius 2 is 2.05 bits per heavy atom. The molecule has 0 aliphatic carbocycles.